The molecular weight excluding hydrogens is 245 g/mol. The Kier molecular flexibility index (Phi) is 3.92. The molecule has 1 aromatic carbocycles. The lowest BCUT2D eigenvalue weighted by atomic mass is 10.3. The molecule has 1 rings (SSSR count). The Morgan fingerprint density at radius 2 is 1.43 bits per heavy atom. The maximum atomic E-state index is 12.4. The van der Waals surface area contributed by atoms with E-state index in [4.69, 9.17) is 4.55 Å². The van der Waals surface area contributed by atoms with Crippen LogP contribution in [0.2, 0.25) is 0 Å². The molecule has 0 fully saturated rings. The van der Waals surface area contributed by atoms with Crippen LogP contribution >= 0.6 is 12.4 Å². The van der Waals surface area contributed by atoms with Gasteiger partial charge in [-0.2, -0.15) is 8.42 Å². The highest BCUT2D eigenvalue weighted by atomic mass is 35.5. The summed E-state index contributed by atoms with van der Waals surface area (Å²) in [6, 6.07) is 0.376. The van der Waals surface area contributed by atoms with Gasteiger partial charge in [-0.1, -0.05) is 0 Å². The first-order chi connectivity index (χ1) is 5.82. The van der Waals surface area contributed by atoms with Gasteiger partial charge in [0.05, 0.1) is 4.90 Å². The topological polar surface area (TPSA) is 54.4 Å². The standard InChI is InChI=1S/C6H3F3O3S.ClH/c7-4-1-3(13(10,11)12)2-5(8)6(4)9;/h1-2H,(H,10,11,12);1H. The summed E-state index contributed by atoms with van der Waals surface area (Å²) in [4.78, 5) is -1.02. The van der Waals surface area contributed by atoms with E-state index in [-0.39, 0.29) is 24.5 Å². The van der Waals surface area contributed by atoms with E-state index in [1.54, 1.807) is 0 Å². The highest BCUT2D eigenvalue weighted by molar-refractivity contribution is 7.85. The lowest BCUT2D eigenvalue weighted by molar-refractivity contribution is 0.437. The highest BCUT2D eigenvalue weighted by Crippen LogP contribution is 2.16. The van der Waals surface area contributed by atoms with E-state index in [2.05, 4.69) is 0 Å². The summed E-state index contributed by atoms with van der Waals surface area (Å²) in [5.41, 5.74) is 0. The largest absolute Gasteiger partial charge is 0.294 e. The third-order valence-corrected chi connectivity index (χ3v) is 2.09. The summed E-state index contributed by atoms with van der Waals surface area (Å²) in [5, 5.41) is 0. The van der Waals surface area contributed by atoms with Gasteiger partial charge in [-0.05, 0) is 12.1 Å². The molecule has 3 nitrogen and oxygen atoms in total. The van der Waals surface area contributed by atoms with Crippen LogP contribution in [0.1, 0.15) is 0 Å². The van der Waals surface area contributed by atoms with Crippen LogP contribution in [0.25, 0.3) is 0 Å². The van der Waals surface area contributed by atoms with E-state index in [0.717, 1.165) is 0 Å². The van der Waals surface area contributed by atoms with Gasteiger partial charge in [-0.15, -0.1) is 12.4 Å². The molecule has 0 amide bonds. The van der Waals surface area contributed by atoms with Crippen molar-refractivity contribution >= 4 is 22.5 Å². The van der Waals surface area contributed by atoms with Crippen molar-refractivity contribution in [1.82, 2.24) is 0 Å². The van der Waals surface area contributed by atoms with E-state index >= 15 is 0 Å². The Bertz CT molecular complexity index is 423. The van der Waals surface area contributed by atoms with Crippen LogP contribution in [-0.2, 0) is 10.1 Å². The number of benzene rings is 1. The van der Waals surface area contributed by atoms with Gasteiger partial charge in [0.2, 0.25) is 0 Å². The van der Waals surface area contributed by atoms with Crippen molar-refractivity contribution < 1.29 is 26.1 Å². The molecule has 0 saturated heterocycles. The molecule has 0 saturated carbocycles. The Morgan fingerprint density at radius 1 is 1.07 bits per heavy atom. The number of rotatable bonds is 1. The van der Waals surface area contributed by atoms with E-state index in [1.165, 1.54) is 0 Å². The van der Waals surface area contributed by atoms with Gasteiger partial charge in [-0.25, -0.2) is 13.2 Å². The minimum atomic E-state index is -4.71. The van der Waals surface area contributed by atoms with Gasteiger partial charge in [0.15, 0.2) is 17.5 Å². The zero-order chi connectivity index (χ0) is 10.2. The minimum Gasteiger partial charge on any atom is -0.282 e. The smallest absolute Gasteiger partial charge is 0.282 e. The van der Waals surface area contributed by atoms with Crippen LogP contribution in [0.5, 0.6) is 0 Å². The molecule has 1 N–H and O–H groups in total. The average Bonchev–Trinajstić information content (AvgIpc) is 1.97. The highest BCUT2D eigenvalue weighted by Gasteiger charge is 2.17. The average molecular weight is 249 g/mol. The first kappa shape index (κ1) is 13.2. The summed E-state index contributed by atoms with van der Waals surface area (Å²) < 4.78 is 66.1. The van der Waals surface area contributed by atoms with Crippen LogP contribution in [0.15, 0.2) is 17.0 Å². The SMILES string of the molecule is Cl.O=S(=O)(O)c1cc(F)c(F)c(F)c1. The molecule has 0 spiro atoms. The van der Waals surface area contributed by atoms with Crippen molar-refractivity contribution in [2.24, 2.45) is 0 Å². The van der Waals surface area contributed by atoms with Crippen LogP contribution in [-0.4, -0.2) is 13.0 Å². The molecule has 80 valence electrons. The molecule has 0 heterocycles. The van der Waals surface area contributed by atoms with Crippen LogP contribution in [0, 0.1) is 17.5 Å². The summed E-state index contributed by atoms with van der Waals surface area (Å²) in [5.74, 6) is -5.13. The fourth-order valence-electron chi connectivity index (χ4n) is 0.681. The molecule has 1 aromatic rings. The molecule has 0 aliphatic carbocycles. The van der Waals surface area contributed by atoms with E-state index in [1.807, 2.05) is 0 Å². The van der Waals surface area contributed by atoms with Gasteiger partial charge in [0.1, 0.15) is 0 Å². The van der Waals surface area contributed by atoms with E-state index in [9.17, 15) is 21.6 Å². The Morgan fingerprint density at radius 3 is 1.71 bits per heavy atom. The first-order valence-electron chi connectivity index (χ1n) is 2.94. The number of hydrogen-bond acceptors (Lipinski definition) is 2. The normalized spacial score (nSPS) is 10.9. The van der Waals surface area contributed by atoms with Crippen LogP contribution in [0.4, 0.5) is 13.2 Å². The second-order valence-electron chi connectivity index (χ2n) is 2.18. The van der Waals surface area contributed by atoms with E-state index in [0.29, 0.717) is 0 Å². The van der Waals surface area contributed by atoms with Crippen LogP contribution in [0.3, 0.4) is 0 Å². The fraction of sp³-hybridized carbons (Fsp3) is 0. The van der Waals surface area contributed by atoms with Crippen molar-refractivity contribution in [3.63, 3.8) is 0 Å². The summed E-state index contributed by atoms with van der Waals surface area (Å²) in [7, 11) is -4.71. The Balaban J connectivity index is 0.00000169. The molecular formula is C6H4ClF3O3S. The van der Waals surface area contributed by atoms with Gasteiger partial charge < -0.3 is 0 Å². The van der Waals surface area contributed by atoms with Crippen molar-refractivity contribution in [1.29, 1.82) is 0 Å². The fourth-order valence-corrected chi connectivity index (χ4v) is 1.19. The predicted octanol–water partition coefficient (Wildman–Crippen LogP) is 1.77. The lowest BCUT2D eigenvalue weighted by Crippen LogP contribution is -2.01. The molecule has 14 heavy (non-hydrogen) atoms. The third kappa shape index (κ3) is 2.60. The molecule has 0 aliphatic heterocycles. The van der Waals surface area contributed by atoms with Gasteiger partial charge in [0, 0.05) is 0 Å². The van der Waals surface area contributed by atoms with Crippen molar-refractivity contribution in [2.45, 2.75) is 4.90 Å². The zero-order valence-electron chi connectivity index (χ0n) is 6.37. The minimum absolute atomic E-state index is 0. The predicted molar refractivity (Wildman–Crippen MR) is 43.4 cm³/mol. The Labute approximate surface area is 83.7 Å². The molecule has 0 aliphatic rings. The van der Waals surface area contributed by atoms with Crippen LogP contribution < -0.4 is 0 Å². The molecule has 0 radical (unpaired) electrons. The summed E-state index contributed by atoms with van der Waals surface area (Å²) >= 11 is 0. The van der Waals surface area contributed by atoms with Gasteiger partial charge >= 0.3 is 0 Å². The molecule has 0 atom stereocenters. The Hall–Kier alpha value is -0.790. The van der Waals surface area contributed by atoms with Gasteiger partial charge in [0.25, 0.3) is 10.1 Å². The van der Waals surface area contributed by atoms with Gasteiger partial charge in [-0.3, -0.25) is 4.55 Å². The van der Waals surface area contributed by atoms with E-state index < -0.39 is 32.5 Å². The number of halogens is 4. The van der Waals surface area contributed by atoms with Crippen molar-refractivity contribution in [3.8, 4) is 0 Å². The third-order valence-electron chi connectivity index (χ3n) is 1.26. The number of hydrogen-bond donors (Lipinski definition) is 1. The molecule has 8 heteroatoms. The second kappa shape index (κ2) is 4.16. The first-order valence-corrected chi connectivity index (χ1v) is 4.38. The monoisotopic (exact) mass is 248 g/mol. The van der Waals surface area contributed by atoms with Crippen molar-refractivity contribution in [2.75, 3.05) is 0 Å². The maximum absolute atomic E-state index is 12.4. The maximum Gasteiger partial charge on any atom is 0.294 e. The molecule has 0 aromatic heterocycles. The molecule has 0 bridgehead atoms. The second-order valence-corrected chi connectivity index (χ2v) is 3.60. The lowest BCUT2D eigenvalue weighted by Gasteiger charge is -1.98. The zero-order valence-corrected chi connectivity index (χ0v) is 8.00. The van der Waals surface area contributed by atoms with Crippen molar-refractivity contribution in [3.05, 3.63) is 29.6 Å². The molecule has 0 unspecified atom stereocenters. The quantitative estimate of drug-likeness (QED) is 0.609. The summed E-state index contributed by atoms with van der Waals surface area (Å²) in [6.07, 6.45) is 0. The summed E-state index contributed by atoms with van der Waals surface area (Å²) in [6.45, 7) is 0.